The topological polar surface area (TPSA) is 102 Å². The van der Waals surface area contributed by atoms with E-state index < -0.39 is 0 Å². The van der Waals surface area contributed by atoms with Crippen LogP contribution in [0.1, 0.15) is 5.56 Å². The summed E-state index contributed by atoms with van der Waals surface area (Å²) in [6.45, 7) is 6.29. The average Bonchev–Trinajstić information content (AvgIpc) is 3.59. The highest BCUT2D eigenvalue weighted by Crippen LogP contribution is 2.32. The molecule has 0 unspecified atom stereocenters. The van der Waals surface area contributed by atoms with Crippen molar-refractivity contribution >= 4 is 17.4 Å². The quantitative estimate of drug-likeness (QED) is 0.416. The van der Waals surface area contributed by atoms with Crippen LogP contribution < -0.4 is 4.90 Å². The molecule has 0 saturated carbocycles. The molecule has 0 aliphatic carbocycles. The van der Waals surface area contributed by atoms with Gasteiger partial charge in [0.25, 0.3) is 0 Å². The van der Waals surface area contributed by atoms with Crippen molar-refractivity contribution in [2.75, 3.05) is 64.3 Å². The Morgan fingerprint density at radius 2 is 1.58 bits per heavy atom. The minimum absolute atomic E-state index is 0.146. The van der Waals surface area contributed by atoms with Gasteiger partial charge in [0.2, 0.25) is 0 Å². The van der Waals surface area contributed by atoms with Crippen molar-refractivity contribution in [3.63, 3.8) is 0 Å². The van der Waals surface area contributed by atoms with E-state index in [1.165, 1.54) is 0 Å². The van der Waals surface area contributed by atoms with Crippen molar-refractivity contribution in [2.45, 2.75) is 0 Å². The highest BCUT2D eigenvalue weighted by molar-refractivity contribution is 5.87. The van der Waals surface area contributed by atoms with E-state index in [0.29, 0.717) is 18.7 Å². The van der Waals surface area contributed by atoms with Crippen LogP contribution in [0.2, 0.25) is 0 Å². The average molecular weight is 511 g/mol. The van der Waals surface area contributed by atoms with Gasteiger partial charge in [-0.25, -0.2) is 14.3 Å². The summed E-state index contributed by atoms with van der Waals surface area (Å²) >= 11 is 0. The number of hydrogen-bond donors (Lipinski definition) is 0. The number of amides is 2. The van der Waals surface area contributed by atoms with Crippen LogP contribution >= 0.6 is 0 Å². The number of fused-ring (bicyclic) bond motifs is 1. The number of carbonyl (C=O) groups excluding carboxylic acids is 1. The second kappa shape index (κ2) is 9.79. The largest absolute Gasteiger partial charge is 0.353 e. The number of likely N-dealkylation sites (N-methyl/N-ethyl adjacent to an activating group) is 1. The van der Waals surface area contributed by atoms with E-state index in [9.17, 15) is 10.1 Å². The number of rotatable bonds is 3. The van der Waals surface area contributed by atoms with Gasteiger partial charge >= 0.3 is 6.03 Å². The molecule has 2 fully saturated rings. The lowest BCUT2D eigenvalue weighted by molar-refractivity contribution is 0.120. The van der Waals surface area contributed by atoms with E-state index in [0.717, 1.165) is 72.9 Å². The summed E-state index contributed by atoms with van der Waals surface area (Å²) in [6, 6.07) is 8.53. The van der Waals surface area contributed by atoms with Crippen molar-refractivity contribution < 1.29 is 4.79 Å². The van der Waals surface area contributed by atoms with Gasteiger partial charge in [-0.05, 0) is 25.2 Å². The molecule has 0 aromatic carbocycles. The lowest BCUT2D eigenvalue weighted by Crippen LogP contribution is -2.56. The van der Waals surface area contributed by atoms with Gasteiger partial charge in [-0.15, -0.1) is 0 Å². The van der Waals surface area contributed by atoms with Gasteiger partial charge in [-0.2, -0.15) is 15.5 Å². The summed E-state index contributed by atoms with van der Waals surface area (Å²) in [6.07, 6.45) is 9.13. The Labute approximate surface area is 221 Å². The van der Waals surface area contributed by atoms with Crippen LogP contribution in [0.4, 0.5) is 10.6 Å². The molecular formula is C27H30N10O. The molecule has 0 spiro atoms. The first-order chi connectivity index (χ1) is 18.5. The molecule has 0 bridgehead atoms. The minimum atomic E-state index is 0.146. The monoisotopic (exact) mass is 510 g/mol. The molecule has 0 radical (unpaired) electrons. The lowest BCUT2D eigenvalue weighted by Gasteiger charge is -2.40. The zero-order valence-corrected chi connectivity index (χ0v) is 21.7. The van der Waals surface area contributed by atoms with Gasteiger partial charge in [0.05, 0.1) is 23.5 Å². The van der Waals surface area contributed by atoms with Crippen molar-refractivity contribution in [1.82, 2.24) is 39.1 Å². The predicted molar refractivity (Wildman–Crippen MR) is 144 cm³/mol. The Morgan fingerprint density at radius 3 is 2.21 bits per heavy atom. The van der Waals surface area contributed by atoms with Crippen molar-refractivity contribution in [3.05, 3.63) is 54.7 Å². The van der Waals surface area contributed by atoms with Gasteiger partial charge in [0.15, 0.2) is 0 Å². The summed E-state index contributed by atoms with van der Waals surface area (Å²) in [5.74, 6) is 0.883. The number of piperazine rings is 2. The van der Waals surface area contributed by atoms with Gasteiger partial charge in [0, 0.05) is 100 Å². The number of pyridine rings is 2. The molecule has 2 amide bonds. The third kappa shape index (κ3) is 4.43. The SMILES string of the molecule is CN1CCN(C(=O)N2CCN(c3ccc(-c4cc(-c5cnn(C)c5)cn5ncc(C#N)c45)cn3)CC2)CC1. The number of aromatic nitrogens is 5. The molecule has 2 aliphatic rings. The predicted octanol–water partition coefficient (Wildman–Crippen LogP) is 2.16. The van der Waals surface area contributed by atoms with Crippen LogP contribution in [-0.4, -0.2) is 105 Å². The van der Waals surface area contributed by atoms with E-state index in [2.05, 4.69) is 39.2 Å². The van der Waals surface area contributed by atoms with E-state index in [-0.39, 0.29) is 6.03 Å². The van der Waals surface area contributed by atoms with E-state index in [4.69, 9.17) is 4.98 Å². The van der Waals surface area contributed by atoms with Crippen molar-refractivity contribution in [1.29, 1.82) is 5.26 Å². The fraction of sp³-hybridized carbons (Fsp3) is 0.370. The minimum Gasteiger partial charge on any atom is -0.353 e. The van der Waals surface area contributed by atoms with Gasteiger partial charge in [0.1, 0.15) is 11.9 Å². The summed E-state index contributed by atoms with van der Waals surface area (Å²) < 4.78 is 3.51. The van der Waals surface area contributed by atoms with E-state index in [1.54, 1.807) is 15.4 Å². The number of aryl methyl sites for hydroxylation is 1. The highest BCUT2D eigenvalue weighted by atomic mass is 16.2. The molecule has 6 heterocycles. The molecule has 11 nitrogen and oxygen atoms in total. The van der Waals surface area contributed by atoms with Crippen LogP contribution in [0.5, 0.6) is 0 Å². The van der Waals surface area contributed by atoms with Crippen LogP contribution in [-0.2, 0) is 7.05 Å². The smallest absolute Gasteiger partial charge is 0.320 e. The second-order valence-electron chi connectivity index (χ2n) is 9.96. The number of nitriles is 1. The Hall–Kier alpha value is -4.43. The Morgan fingerprint density at radius 1 is 0.842 bits per heavy atom. The van der Waals surface area contributed by atoms with Crippen LogP contribution in [0.3, 0.4) is 0 Å². The number of anilines is 1. The van der Waals surface area contributed by atoms with Gasteiger partial charge < -0.3 is 19.6 Å². The molecule has 38 heavy (non-hydrogen) atoms. The maximum absolute atomic E-state index is 12.9. The zero-order valence-electron chi connectivity index (χ0n) is 21.7. The third-order valence-corrected chi connectivity index (χ3v) is 7.48. The first-order valence-electron chi connectivity index (χ1n) is 12.8. The van der Waals surface area contributed by atoms with Crippen LogP contribution in [0.15, 0.2) is 49.2 Å². The second-order valence-corrected chi connectivity index (χ2v) is 9.96. The summed E-state index contributed by atoms with van der Waals surface area (Å²) in [7, 11) is 3.98. The molecule has 0 atom stereocenters. The Bertz CT molecular complexity index is 1500. The fourth-order valence-corrected chi connectivity index (χ4v) is 5.21. The van der Waals surface area contributed by atoms with E-state index >= 15 is 0 Å². The number of urea groups is 1. The van der Waals surface area contributed by atoms with Gasteiger partial charge in [-0.3, -0.25) is 4.68 Å². The molecule has 4 aromatic heterocycles. The van der Waals surface area contributed by atoms with Crippen molar-refractivity contribution in [2.24, 2.45) is 7.05 Å². The summed E-state index contributed by atoms with van der Waals surface area (Å²) in [5.41, 5.74) is 5.00. The number of nitrogens with zero attached hydrogens (tertiary/aromatic N) is 10. The van der Waals surface area contributed by atoms with E-state index in [1.807, 2.05) is 53.8 Å². The van der Waals surface area contributed by atoms with Crippen LogP contribution in [0.25, 0.3) is 27.8 Å². The lowest BCUT2D eigenvalue weighted by atomic mass is 10.0. The first kappa shape index (κ1) is 23.9. The normalized spacial score (nSPS) is 16.7. The molecule has 6 rings (SSSR count). The maximum atomic E-state index is 12.9. The Kier molecular flexibility index (Phi) is 6.17. The molecule has 2 aliphatic heterocycles. The molecule has 11 heteroatoms. The molecule has 4 aromatic rings. The summed E-state index contributed by atoms with van der Waals surface area (Å²) in [4.78, 5) is 26.1. The fourth-order valence-electron chi connectivity index (χ4n) is 5.21. The molecule has 2 saturated heterocycles. The first-order valence-corrected chi connectivity index (χ1v) is 12.8. The third-order valence-electron chi connectivity index (χ3n) is 7.48. The number of carbonyl (C=O) groups is 1. The Balaban J connectivity index is 1.21. The summed E-state index contributed by atoms with van der Waals surface area (Å²) in [5, 5.41) is 18.4. The number of hydrogen-bond acceptors (Lipinski definition) is 7. The molecule has 0 N–H and O–H groups in total. The zero-order chi connectivity index (χ0) is 26.2. The molecule has 194 valence electrons. The highest BCUT2D eigenvalue weighted by Gasteiger charge is 2.27. The van der Waals surface area contributed by atoms with Crippen LogP contribution in [0, 0.1) is 11.3 Å². The van der Waals surface area contributed by atoms with Crippen molar-refractivity contribution in [3.8, 4) is 28.3 Å². The maximum Gasteiger partial charge on any atom is 0.320 e. The molecular weight excluding hydrogens is 480 g/mol. The standard InChI is InChI=1S/C27H30N10O/c1-32-5-7-35(8-6-32)27(38)36-11-9-34(10-12-36)25-4-3-20(15-29-25)24-13-21(23-17-30-33(2)18-23)19-37-26(24)22(14-28)16-31-37/h3-4,13,15-19H,5-12H2,1-2H3. The van der Waals surface area contributed by atoms with Gasteiger partial charge in [-0.1, -0.05) is 0 Å².